The molecule has 31 heavy (non-hydrogen) atoms. The van der Waals surface area contributed by atoms with Gasteiger partial charge in [0.1, 0.15) is 0 Å². The molecule has 0 spiro atoms. The highest BCUT2D eigenvalue weighted by Crippen LogP contribution is 2.20. The van der Waals surface area contributed by atoms with Gasteiger partial charge in [0.15, 0.2) is 0 Å². The van der Waals surface area contributed by atoms with Crippen molar-refractivity contribution >= 4 is 34.8 Å². The molecular formula is C24H32N4O3. The Kier molecular flexibility index (Phi) is 8.19. The van der Waals surface area contributed by atoms with Crippen LogP contribution >= 0.6 is 0 Å². The van der Waals surface area contributed by atoms with Crippen LogP contribution in [0.15, 0.2) is 48.5 Å². The van der Waals surface area contributed by atoms with Gasteiger partial charge in [-0.2, -0.15) is 0 Å². The van der Waals surface area contributed by atoms with Crippen molar-refractivity contribution in [1.82, 2.24) is 4.90 Å². The van der Waals surface area contributed by atoms with E-state index in [-0.39, 0.29) is 24.3 Å². The number of hydrogen-bond donors (Lipinski definition) is 3. The molecule has 0 aliphatic rings. The quantitative estimate of drug-likeness (QED) is 0.602. The molecule has 7 nitrogen and oxygen atoms in total. The van der Waals surface area contributed by atoms with Crippen molar-refractivity contribution in [2.75, 3.05) is 36.6 Å². The van der Waals surface area contributed by atoms with Gasteiger partial charge in [-0.1, -0.05) is 39.0 Å². The van der Waals surface area contributed by atoms with Crippen LogP contribution in [0.1, 0.15) is 32.8 Å². The zero-order chi connectivity index (χ0) is 23.0. The molecule has 2 aromatic carbocycles. The van der Waals surface area contributed by atoms with Gasteiger partial charge in [0.25, 0.3) is 0 Å². The molecule has 0 aliphatic heterocycles. The summed E-state index contributed by atoms with van der Waals surface area (Å²) in [6, 6.07) is 14.7. The van der Waals surface area contributed by atoms with E-state index in [2.05, 4.69) is 16.0 Å². The van der Waals surface area contributed by atoms with Crippen LogP contribution in [0.5, 0.6) is 0 Å². The predicted molar refractivity (Wildman–Crippen MR) is 125 cm³/mol. The third-order valence-corrected chi connectivity index (χ3v) is 4.62. The van der Waals surface area contributed by atoms with Crippen LogP contribution < -0.4 is 16.0 Å². The third kappa shape index (κ3) is 8.12. The van der Waals surface area contributed by atoms with Crippen molar-refractivity contribution in [3.05, 3.63) is 54.1 Å². The predicted octanol–water partition coefficient (Wildman–Crippen LogP) is 3.74. The van der Waals surface area contributed by atoms with E-state index in [0.29, 0.717) is 24.2 Å². The molecule has 0 aromatic heterocycles. The maximum atomic E-state index is 12.3. The van der Waals surface area contributed by atoms with E-state index in [4.69, 9.17) is 0 Å². The summed E-state index contributed by atoms with van der Waals surface area (Å²) in [5.41, 5.74) is 2.64. The van der Waals surface area contributed by atoms with Gasteiger partial charge >= 0.3 is 0 Å². The van der Waals surface area contributed by atoms with Gasteiger partial charge < -0.3 is 20.9 Å². The first-order chi connectivity index (χ1) is 14.5. The number of rotatable bonds is 8. The van der Waals surface area contributed by atoms with Crippen LogP contribution in [0.2, 0.25) is 0 Å². The molecule has 2 aromatic rings. The largest absolute Gasteiger partial charge is 0.376 e. The normalized spacial score (nSPS) is 10.9. The highest BCUT2D eigenvalue weighted by Gasteiger charge is 2.21. The van der Waals surface area contributed by atoms with Gasteiger partial charge in [-0.15, -0.1) is 0 Å². The summed E-state index contributed by atoms with van der Waals surface area (Å²) in [6.07, 6.45) is 1.15. The molecule has 0 bridgehead atoms. The topological polar surface area (TPSA) is 90.5 Å². The highest BCUT2D eigenvalue weighted by molar-refractivity contribution is 5.97. The van der Waals surface area contributed by atoms with E-state index >= 15 is 0 Å². The second-order valence-electron chi connectivity index (χ2n) is 8.67. The summed E-state index contributed by atoms with van der Waals surface area (Å²) >= 11 is 0. The first kappa shape index (κ1) is 23.9. The number of carbonyl (C=O) groups is 3. The van der Waals surface area contributed by atoms with E-state index in [9.17, 15) is 14.4 Å². The Balaban J connectivity index is 1.83. The summed E-state index contributed by atoms with van der Waals surface area (Å²) in [5, 5.41) is 8.76. The van der Waals surface area contributed by atoms with E-state index < -0.39 is 5.41 Å². The minimum atomic E-state index is -0.499. The number of nitrogens with zero attached hydrogens (tertiary/aromatic N) is 1. The number of amides is 3. The fourth-order valence-electron chi connectivity index (χ4n) is 2.64. The maximum Gasteiger partial charge on any atom is 0.243 e. The Morgan fingerprint density at radius 3 is 2.06 bits per heavy atom. The van der Waals surface area contributed by atoms with Gasteiger partial charge in [-0.25, -0.2) is 0 Å². The van der Waals surface area contributed by atoms with Gasteiger partial charge in [0, 0.05) is 43.0 Å². The lowest BCUT2D eigenvalue weighted by Crippen LogP contribution is -2.27. The number of carbonyl (C=O) groups excluding carboxylic acids is 3. The van der Waals surface area contributed by atoms with E-state index in [1.54, 1.807) is 43.3 Å². The van der Waals surface area contributed by atoms with Crippen molar-refractivity contribution in [2.45, 2.75) is 33.6 Å². The summed E-state index contributed by atoms with van der Waals surface area (Å²) in [4.78, 5) is 37.7. The molecule has 0 saturated carbocycles. The van der Waals surface area contributed by atoms with Gasteiger partial charge in [-0.3, -0.25) is 14.4 Å². The standard InChI is InChI=1S/C24H32N4O3/c1-24(2,3)23(31)27-20-8-6-7-19(15-20)26-21(29)16-25-18-12-9-17(10-13-18)11-14-22(30)28(4)5/h6-10,12-13,15,25H,11,14,16H2,1-5H3,(H,26,29)(H,27,31). The monoisotopic (exact) mass is 424 g/mol. The summed E-state index contributed by atoms with van der Waals surface area (Å²) < 4.78 is 0. The number of anilines is 3. The van der Waals surface area contributed by atoms with Crippen LogP contribution in [0.25, 0.3) is 0 Å². The van der Waals surface area contributed by atoms with Crippen LogP contribution in [0.4, 0.5) is 17.1 Å². The molecule has 3 N–H and O–H groups in total. The molecule has 0 fully saturated rings. The Morgan fingerprint density at radius 1 is 0.871 bits per heavy atom. The van der Waals surface area contributed by atoms with Gasteiger partial charge in [-0.05, 0) is 42.3 Å². The zero-order valence-corrected chi connectivity index (χ0v) is 18.9. The number of nitrogens with one attached hydrogen (secondary N) is 3. The van der Waals surface area contributed by atoms with Crippen LogP contribution in [-0.2, 0) is 20.8 Å². The molecule has 0 unspecified atom stereocenters. The van der Waals surface area contributed by atoms with Gasteiger partial charge in [0.2, 0.25) is 17.7 Å². The van der Waals surface area contributed by atoms with Crippen molar-refractivity contribution in [2.24, 2.45) is 5.41 Å². The molecule has 0 heterocycles. The minimum absolute atomic E-state index is 0.0906. The first-order valence-electron chi connectivity index (χ1n) is 10.3. The lowest BCUT2D eigenvalue weighted by atomic mass is 9.95. The second kappa shape index (κ2) is 10.6. The minimum Gasteiger partial charge on any atom is -0.376 e. The molecule has 0 radical (unpaired) electrons. The lowest BCUT2D eigenvalue weighted by Gasteiger charge is -2.18. The Morgan fingerprint density at radius 2 is 1.48 bits per heavy atom. The molecule has 0 aliphatic carbocycles. The Bertz CT molecular complexity index is 915. The zero-order valence-electron chi connectivity index (χ0n) is 18.9. The highest BCUT2D eigenvalue weighted by atomic mass is 16.2. The molecular weight excluding hydrogens is 392 g/mol. The SMILES string of the molecule is CN(C)C(=O)CCc1ccc(NCC(=O)Nc2cccc(NC(=O)C(C)(C)C)c2)cc1. The second-order valence-corrected chi connectivity index (χ2v) is 8.67. The van der Waals surface area contributed by atoms with Crippen LogP contribution in [0, 0.1) is 5.41 Å². The fourth-order valence-corrected chi connectivity index (χ4v) is 2.64. The van der Waals surface area contributed by atoms with E-state index in [1.165, 1.54) is 0 Å². The molecule has 7 heteroatoms. The first-order valence-corrected chi connectivity index (χ1v) is 10.3. The van der Waals surface area contributed by atoms with Crippen molar-refractivity contribution in [3.8, 4) is 0 Å². The van der Waals surface area contributed by atoms with Crippen LogP contribution in [0.3, 0.4) is 0 Å². The van der Waals surface area contributed by atoms with Crippen molar-refractivity contribution in [3.63, 3.8) is 0 Å². The lowest BCUT2D eigenvalue weighted by molar-refractivity contribution is -0.128. The summed E-state index contributed by atoms with van der Waals surface area (Å²) in [6.45, 7) is 5.64. The average molecular weight is 425 g/mol. The number of aryl methyl sites for hydroxylation is 1. The summed E-state index contributed by atoms with van der Waals surface area (Å²) in [7, 11) is 3.50. The Hall–Kier alpha value is -3.35. The molecule has 166 valence electrons. The average Bonchev–Trinajstić information content (AvgIpc) is 2.70. The smallest absolute Gasteiger partial charge is 0.243 e. The maximum absolute atomic E-state index is 12.3. The third-order valence-electron chi connectivity index (χ3n) is 4.62. The number of hydrogen-bond acceptors (Lipinski definition) is 4. The van der Waals surface area contributed by atoms with Crippen molar-refractivity contribution in [1.29, 1.82) is 0 Å². The van der Waals surface area contributed by atoms with Crippen LogP contribution in [-0.4, -0.2) is 43.3 Å². The Labute approximate surface area is 184 Å². The van der Waals surface area contributed by atoms with Crippen molar-refractivity contribution < 1.29 is 14.4 Å². The fraction of sp³-hybridized carbons (Fsp3) is 0.375. The molecule has 0 saturated heterocycles. The number of benzene rings is 2. The molecule has 2 rings (SSSR count). The van der Waals surface area contributed by atoms with E-state index in [1.807, 2.05) is 45.0 Å². The summed E-state index contributed by atoms with van der Waals surface area (Å²) in [5.74, 6) is -0.187. The van der Waals surface area contributed by atoms with Gasteiger partial charge in [0.05, 0.1) is 6.54 Å². The van der Waals surface area contributed by atoms with E-state index in [0.717, 1.165) is 11.3 Å². The molecule has 3 amide bonds. The molecule has 0 atom stereocenters.